The molecule has 1 atom stereocenters. The molecule has 5 N–H and O–H groups in total. The van der Waals surface area contributed by atoms with Gasteiger partial charge in [0.05, 0.1) is 5.56 Å². The summed E-state index contributed by atoms with van der Waals surface area (Å²) in [6.07, 6.45) is 1.29. The van der Waals surface area contributed by atoms with Crippen LogP contribution in [0.25, 0.3) is 0 Å². The third-order valence-corrected chi connectivity index (χ3v) is 2.43. The number of carbonyl (C=O) groups is 3. The molecule has 0 aliphatic carbocycles. The molecule has 0 aromatic carbocycles. The Morgan fingerprint density at radius 2 is 2.00 bits per heavy atom. The van der Waals surface area contributed by atoms with E-state index in [0.29, 0.717) is 0 Å². The lowest BCUT2D eigenvalue weighted by Crippen LogP contribution is -2.44. The SMILES string of the molecule is CC(C)[C@H](NC(=O)c1cc(C(N)=O)c[nH]1)C(=O)O. The fourth-order valence-electron chi connectivity index (χ4n) is 1.40. The van der Waals surface area contributed by atoms with Gasteiger partial charge < -0.3 is 21.1 Å². The van der Waals surface area contributed by atoms with E-state index in [-0.39, 0.29) is 17.2 Å². The highest BCUT2D eigenvalue weighted by molar-refractivity contribution is 5.99. The van der Waals surface area contributed by atoms with Crippen LogP contribution in [-0.4, -0.2) is 33.9 Å². The monoisotopic (exact) mass is 253 g/mol. The van der Waals surface area contributed by atoms with Crippen LogP contribution >= 0.6 is 0 Å². The van der Waals surface area contributed by atoms with E-state index in [4.69, 9.17) is 10.8 Å². The summed E-state index contributed by atoms with van der Waals surface area (Å²) in [7, 11) is 0. The van der Waals surface area contributed by atoms with Crippen LogP contribution in [0.15, 0.2) is 12.3 Å². The summed E-state index contributed by atoms with van der Waals surface area (Å²) in [5.74, 6) is -2.62. The molecule has 98 valence electrons. The van der Waals surface area contributed by atoms with Gasteiger partial charge in [-0.05, 0) is 12.0 Å². The summed E-state index contributed by atoms with van der Waals surface area (Å²) in [6, 6.07) is 0.287. The standard InChI is InChI=1S/C11H15N3O4/c1-5(2)8(11(17)18)14-10(16)7-3-6(4-13-7)9(12)15/h3-5,8,13H,1-2H3,(H2,12,15)(H,14,16)(H,17,18)/t8-/m0/s1. The number of amides is 2. The zero-order valence-electron chi connectivity index (χ0n) is 10.1. The van der Waals surface area contributed by atoms with Gasteiger partial charge in [0.1, 0.15) is 11.7 Å². The molecular formula is C11H15N3O4. The van der Waals surface area contributed by atoms with Crippen molar-refractivity contribution in [2.45, 2.75) is 19.9 Å². The number of carboxylic acids is 1. The van der Waals surface area contributed by atoms with Crippen LogP contribution in [0, 0.1) is 5.92 Å². The highest BCUT2D eigenvalue weighted by Gasteiger charge is 2.24. The molecular weight excluding hydrogens is 238 g/mol. The number of carbonyl (C=O) groups excluding carboxylic acids is 2. The first-order chi connectivity index (χ1) is 8.32. The van der Waals surface area contributed by atoms with Gasteiger partial charge in [-0.3, -0.25) is 9.59 Å². The molecule has 0 radical (unpaired) electrons. The Hall–Kier alpha value is -2.31. The summed E-state index contributed by atoms with van der Waals surface area (Å²) in [5.41, 5.74) is 5.30. The molecule has 0 bridgehead atoms. The maximum absolute atomic E-state index is 11.7. The van der Waals surface area contributed by atoms with Crippen molar-refractivity contribution in [3.63, 3.8) is 0 Å². The van der Waals surface area contributed by atoms with Crippen LogP contribution in [-0.2, 0) is 4.79 Å². The molecule has 0 unspecified atom stereocenters. The van der Waals surface area contributed by atoms with E-state index in [1.54, 1.807) is 13.8 Å². The minimum Gasteiger partial charge on any atom is -0.480 e. The molecule has 2 amide bonds. The van der Waals surface area contributed by atoms with Crippen LogP contribution in [0.3, 0.4) is 0 Å². The van der Waals surface area contributed by atoms with Crippen LogP contribution < -0.4 is 11.1 Å². The lowest BCUT2D eigenvalue weighted by molar-refractivity contribution is -0.140. The van der Waals surface area contributed by atoms with Crippen LogP contribution in [0.4, 0.5) is 0 Å². The van der Waals surface area contributed by atoms with Gasteiger partial charge in [-0.1, -0.05) is 13.8 Å². The Labute approximate surface area is 103 Å². The predicted octanol–water partition coefficient (Wildman–Crippen LogP) is -0.0474. The highest BCUT2D eigenvalue weighted by atomic mass is 16.4. The van der Waals surface area contributed by atoms with Crippen molar-refractivity contribution in [1.82, 2.24) is 10.3 Å². The van der Waals surface area contributed by atoms with Gasteiger partial charge in [-0.15, -0.1) is 0 Å². The zero-order valence-corrected chi connectivity index (χ0v) is 10.1. The number of rotatable bonds is 5. The lowest BCUT2D eigenvalue weighted by Gasteiger charge is -2.17. The van der Waals surface area contributed by atoms with E-state index in [1.165, 1.54) is 12.3 Å². The number of hydrogen-bond donors (Lipinski definition) is 4. The molecule has 0 aliphatic rings. The zero-order chi connectivity index (χ0) is 13.9. The van der Waals surface area contributed by atoms with E-state index in [2.05, 4.69) is 10.3 Å². The number of aliphatic carboxylic acids is 1. The molecule has 0 fully saturated rings. The number of aromatic nitrogens is 1. The number of nitrogens with two attached hydrogens (primary N) is 1. The van der Waals surface area contributed by atoms with E-state index in [0.717, 1.165) is 0 Å². The van der Waals surface area contributed by atoms with Gasteiger partial charge in [-0.2, -0.15) is 0 Å². The van der Waals surface area contributed by atoms with Gasteiger partial charge in [0.15, 0.2) is 0 Å². The molecule has 1 heterocycles. The first-order valence-corrected chi connectivity index (χ1v) is 5.34. The molecule has 1 aromatic heterocycles. The second-order valence-corrected chi connectivity index (χ2v) is 4.20. The Balaban J connectivity index is 2.80. The first-order valence-electron chi connectivity index (χ1n) is 5.34. The highest BCUT2D eigenvalue weighted by Crippen LogP contribution is 2.06. The maximum Gasteiger partial charge on any atom is 0.326 e. The minimum atomic E-state index is -1.11. The molecule has 1 aromatic rings. The van der Waals surface area contributed by atoms with Gasteiger partial charge in [0.25, 0.3) is 5.91 Å². The molecule has 18 heavy (non-hydrogen) atoms. The average Bonchev–Trinajstić information content (AvgIpc) is 2.73. The summed E-state index contributed by atoms with van der Waals surface area (Å²) in [6.45, 7) is 3.37. The molecule has 1 rings (SSSR count). The van der Waals surface area contributed by atoms with Crippen LogP contribution in [0.2, 0.25) is 0 Å². The van der Waals surface area contributed by atoms with Crippen molar-refractivity contribution < 1.29 is 19.5 Å². The Kier molecular flexibility index (Phi) is 4.09. The topological polar surface area (TPSA) is 125 Å². The fourth-order valence-corrected chi connectivity index (χ4v) is 1.40. The number of primary amides is 1. The largest absolute Gasteiger partial charge is 0.480 e. The second-order valence-electron chi connectivity index (χ2n) is 4.20. The Bertz CT molecular complexity index is 478. The number of H-pyrrole nitrogens is 1. The number of aromatic amines is 1. The van der Waals surface area contributed by atoms with Crippen LogP contribution in [0.1, 0.15) is 34.7 Å². The Morgan fingerprint density at radius 3 is 2.39 bits per heavy atom. The number of carboxylic acid groups (broad SMARTS) is 1. The fraction of sp³-hybridized carbons (Fsp3) is 0.364. The van der Waals surface area contributed by atoms with Crippen molar-refractivity contribution in [3.8, 4) is 0 Å². The van der Waals surface area contributed by atoms with E-state index in [9.17, 15) is 14.4 Å². The molecule has 0 saturated carbocycles. The van der Waals surface area contributed by atoms with E-state index in [1.807, 2.05) is 0 Å². The molecule has 7 nitrogen and oxygen atoms in total. The molecule has 0 saturated heterocycles. The molecule has 7 heteroatoms. The molecule has 0 aliphatic heterocycles. The van der Waals surface area contributed by atoms with Gasteiger partial charge in [-0.25, -0.2) is 4.79 Å². The number of hydrogen-bond acceptors (Lipinski definition) is 3. The summed E-state index contributed by atoms with van der Waals surface area (Å²) >= 11 is 0. The normalized spacial score (nSPS) is 12.2. The van der Waals surface area contributed by atoms with E-state index >= 15 is 0 Å². The molecule has 0 spiro atoms. The van der Waals surface area contributed by atoms with Crippen molar-refractivity contribution in [2.75, 3.05) is 0 Å². The predicted molar refractivity (Wildman–Crippen MR) is 63.0 cm³/mol. The van der Waals surface area contributed by atoms with Crippen molar-refractivity contribution in [1.29, 1.82) is 0 Å². The Morgan fingerprint density at radius 1 is 1.39 bits per heavy atom. The van der Waals surface area contributed by atoms with Gasteiger partial charge in [0, 0.05) is 6.20 Å². The smallest absolute Gasteiger partial charge is 0.326 e. The quantitative estimate of drug-likeness (QED) is 0.587. The first kappa shape index (κ1) is 13.8. The third-order valence-electron chi connectivity index (χ3n) is 2.43. The maximum atomic E-state index is 11.7. The van der Waals surface area contributed by atoms with E-state index < -0.39 is 23.8 Å². The number of nitrogens with one attached hydrogen (secondary N) is 2. The van der Waals surface area contributed by atoms with Crippen molar-refractivity contribution >= 4 is 17.8 Å². The minimum absolute atomic E-state index is 0.0932. The average molecular weight is 253 g/mol. The van der Waals surface area contributed by atoms with Crippen molar-refractivity contribution in [3.05, 3.63) is 23.5 Å². The van der Waals surface area contributed by atoms with Crippen LogP contribution in [0.5, 0.6) is 0 Å². The lowest BCUT2D eigenvalue weighted by atomic mass is 10.0. The van der Waals surface area contributed by atoms with Gasteiger partial charge >= 0.3 is 5.97 Å². The summed E-state index contributed by atoms with van der Waals surface area (Å²) in [5, 5.41) is 11.3. The van der Waals surface area contributed by atoms with Gasteiger partial charge in [0.2, 0.25) is 5.91 Å². The van der Waals surface area contributed by atoms with Crippen molar-refractivity contribution in [2.24, 2.45) is 11.7 Å². The summed E-state index contributed by atoms with van der Waals surface area (Å²) in [4.78, 5) is 36.1. The second kappa shape index (κ2) is 5.35. The third kappa shape index (κ3) is 3.09. The summed E-state index contributed by atoms with van der Waals surface area (Å²) < 4.78 is 0.